The lowest BCUT2D eigenvalue weighted by molar-refractivity contribution is 1.10. The van der Waals surface area contributed by atoms with Crippen molar-refractivity contribution in [3.8, 4) is 0 Å². The minimum Gasteiger partial charge on any atom is -0.339 e. The molecule has 0 atom stereocenters. The summed E-state index contributed by atoms with van der Waals surface area (Å²) in [7, 11) is 0. The van der Waals surface area contributed by atoms with Gasteiger partial charge in [-0.1, -0.05) is 19.1 Å². The summed E-state index contributed by atoms with van der Waals surface area (Å²) in [6.07, 6.45) is 1.03. The molecule has 1 aromatic carbocycles. The van der Waals surface area contributed by atoms with Gasteiger partial charge in [0, 0.05) is 10.6 Å². The van der Waals surface area contributed by atoms with E-state index in [4.69, 9.17) is 0 Å². The Hall–Kier alpha value is -1.94. The van der Waals surface area contributed by atoms with Crippen LogP contribution in [-0.4, -0.2) is 9.97 Å². The Morgan fingerprint density at radius 3 is 2.67 bits per heavy atom. The molecule has 0 radical (unpaired) electrons. The summed E-state index contributed by atoms with van der Waals surface area (Å²) in [6, 6.07) is 8.62. The summed E-state index contributed by atoms with van der Waals surface area (Å²) in [6.45, 7) is 8.32. The highest BCUT2D eigenvalue weighted by Crippen LogP contribution is 2.31. The lowest BCUT2D eigenvalue weighted by Gasteiger charge is -2.11. The first-order valence-electron chi connectivity index (χ1n) is 7.18. The van der Waals surface area contributed by atoms with E-state index < -0.39 is 0 Å². The van der Waals surface area contributed by atoms with Gasteiger partial charge in [-0.05, 0) is 50.5 Å². The molecule has 3 nitrogen and oxygen atoms in total. The molecule has 0 amide bonds. The van der Waals surface area contributed by atoms with Crippen LogP contribution in [0.2, 0.25) is 0 Å². The van der Waals surface area contributed by atoms with Gasteiger partial charge in [0.2, 0.25) is 0 Å². The molecule has 108 valence electrons. The van der Waals surface area contributed by atoms with E-state index in [2.05, 4.69) is 60.3 Å². The number of nitrogens with one attached hydrogen (secondary N) is 1. The van der Waals surface area contributed by atoms with Gasteiger partial charge < -0.3 is 5.32 Å². The van der Waals surface area contributed by atoms with Crippen molar-refractivity contribution < 1.29 is 0 Å². The maximum Gasteiger partial charge on any atom is 0.142 e. The fourth-order valence-corrected chi connectivity index (χ4v) is 3.36. The van der Waals surface area contributed by atoms with Crippen molar-refractivity contribution in [1.82, 2.24) is 9.97 Å². The molecule has 0 spiro atoms. The van der Waals surface area contributed by atoms with Crippen LogP contribution in [0.5, 0.6) is 0 Å². The van der Waals surface area contributed by atoms with Gasteiger partial charge in [0.1, 0.15) is 16.5 Å². The van der Waals surface area contributed by atoms with Crippen molar-refractivity contribution in [2.45, 2.75) is 34.1 Å². The number of thiophene rings is 1. The van der Waals surface area contributed by atoms with Crippen LogP contribution in [0.1, 0.15) is 28.8 Å². The number of benzene rings is 1. The molecule has 0 aliphatic carbocycles. The number of aromatic nitrogens is 2. The zero-order valence-corrected chi connectivity index (χ0v) is 13.6. The van der Waals surface area contributed by atoms with E-state index in [0.717, 1.165) is 34.0 Å². The predicted molar refractivity (Wildman–Crippen MR) is 90.7 cm³/mol. The summed E-state index contributed by atoms with van der Waals surface area (Å²) in [5.41, 5.74) is 3.57. The number of nitrogens with zero attached hydrogens (tertiary/aromatic N) is 2. The van der Waals surface area contributed by atoms with Gasteiger partial charge in [-0.3, -0.25) is 0 Å². The summed E-state index contributed by atoms with van der Waals surface area (Å²) in [4.78, 5) is 11.6. The largest absolute Gasteiger partial charge is 0.339 e. The lowest BCUT2D eigenvalue weighted by atomic mass is 10.1. The van der Waals surface area contributed by atoms with E-state index in [1.54, 1.807) is 11.3 Å². The standard InChI is InChI=1S/C17H19N3S/c1-5-13-9-14-16(18-12(4)19-17(14)21-13)20-15-8-10(2)6-7-11(15)3/h6-9H,5H2,1-4H3,(H,18,19,20). The molecule has 21 heavy (non-hydrogen) atoms. The molecule has 0 aliphatic rings. The molecule has 0 aliphatic heterocycles. The van der Waals surface area contributed by atoms with Crippen LogP contribution >= 0.6 is 11.3 Å². The van der Waals surface area contributed by atoms with Gasteiger partial charge >= 0.3 is 0 Å². The van der Waals surface area contributed by atoms with Gasteiger partial charge in [0.05, 0.1) is 5.39 Å². The summed E-state index contributed by atoms with van der Waals surface area (Å²) in [5, 5.41) is 4.60. The zero-order valence-electron chi connectivity index (χ0n) is 12.8. The third-order valence-corrected chi connectivity index (χ3v) is 4.72. The maximum atomic E-state index is 4.60. The average Bonchev–Trinajstić information content (AvgIpc) is 2.86. The highest BCUT2D eigenvalue weighted by Gasteiger charge is 2.11. The van der Waals surface area contributed by atoms with Crippen LogP contribution in [0.3, 0.4) is 0 Å². The molecule has 4 heteroatoms. The van der Waals surface area contributed by atoms with E-state index in [1.807, 2.05) is 6.92 Å². The molecular formula is C17H19N3S. The van der Waals surface area contributed by atoms with Crippen LogP contribution in [-0.2, 0) is 6.42 Å². The number of hydrogen-bond acceptors (Lipinski definition) is 4. The highest BCUT2D eigenvalue weighted by atomic mass is 32.1. The normalized spacial score (nSPS) is 11.0. The molecule has 0 saturated heterocycles. The Kier molecular flexibility index (Phi) is 3.64. The van der Waals surface area contributed by atoms with Crippen molar-refractivity contribution in [3.63, 3.8) is 0 Å². The minimum absolute atomic E-state index is 0.805. The number of rotatable bonds is 3. The Labute approximate surface area is 129 Å². The quantitative estimate of drug-likeness (QED) is 0.745. The predicted octanol–water partition coefficient (Wildman–Crippen LogP) is 4.92. The van der Waals surface area contributed by atoms with Gasteiger partial charge in [-0.25, -0.2) is 9.97 Å². The second-order valence-electron chi connectivity index (χ2n) is 5.35. The van der Waals surface area contributed by atoms with Gasteiger partial charge in [-0.15, -0.1) is 11.3 Å². The van der Waals surface area contributed by atoms with Crippen LogP contribution in [0.25, 0.3) is 10.2 Å². The smallest absolute Gasteiger partial charge is 0.142 e. The molecule has 2 aromatic heterocycles. The van der Waals surface area contributed by atoms with E-state index in [-0.39, 0.29) is 0 Å². The molecular weight excluding hydrogens is 278 g/mol. The van der Waals surface area contributed by atoms with Crippen molar-refractivity contribution in [2.24, 2.45) is 0 Å². The second-order valence-corrected chi connectivity index (χ2v) is 6.46. The molecule has 3 aromatic rings. The maximum absolute atomic E-state index is 4.60. The molecule has 0 saturated carbocycles. The number of hydrogen-bond donors (Lipinski definition) is 1. The van der Waals surface area contributed by atoms with E-state index in [0.29, 0.717) is 0 Å². The summed E-state index contributed by atoms with van der Waals surface area (Å²) < 4.78 is 0. The van der Waals surface area contributed by atoms with Crippen LogP contribution in [0, 0.1) is 20.8 Å². The molecule has 2 heterocycles. The average molecular weight is 297 g/mol. The van der Waals surface area contributed by atoms with Crippen molar-refractivity contribution >= 4 is 33.1 Å². The first kappa shape index (κ1) is 14.0. The number of aryl methyl sites for hydroxylation is 4. The Balaban J connectivity index is 2.11. The fourth-order valence-electron chi connectivity index (χ4n) is 2.35. The summed E-state index contributed by atoms with van der Waals surface area (Å²) >= 11 is 1.75. The highest BCUT2D eigenvalue weighted by molar-refractivity contribution is 7.18. The Morgan fingerprint density at radius 2 is 1.90 bits per heavy atom. The van der Waals surface area contributed by atoms with Crippen molar-refractivity contribution in [2.75, 3.05) is 5.32 Å². The lowest BCUT2D eigenvalue weighted by Crippen LogP contribution is -1.99. The first-order valence-corrected chi connectivity index (χ1v) is 8.00. The SMILES string of the molecule is CCc1cc2c(Nc3cc(C)ccc3C)nc(C)nc2s1. The molecule has 0 unspecified atom stereocenters. The van der Waals surface area contributed by atoms with Crippen molar-refractivity contribution in [1.29, 1.82) is 0 Å². The van der Waals surface area contributed by atoms with Crippen LogP contribution in [0.15, 0.2) is 24.3 Å². The molecule has 0 bridgehead atoms. The Bertz CT molecular complexity index is 805. The third kappa shape index (κ3) is 2.76. The van der Waals surface area contributed by atoms with Crippen LogP contribution < -0.4 is 5.32 Å². The fraction of sp³-hybridized carbons (Fsp3) is 0.294. The molecule has 1 N–H and O–H groups in total. The molecule has 3 rings (SSSR count). The number of anilines is 2. The van der Waals surface area contributed by atoms with Gasteiger partial charge in [-0.2, -0.15) is 0 Å². The van der Waals surface area contributed by atoms with Crippen molar-refractivity contribution in [3.05, 3.63) is 46.1 Å². The second kappa shape index (κ2) is 5.45. The minimum atomic E-state index is 0.805. The van der Waals surface area contributed by atoms with Crippen LogP contribution in [0.4, 0.5) is 11.5 Å². The van der Waals surface area contributed by atoms with E-state index in [9.17, 15) is 0 Å². The van der Waals surface area contributed by atoms with E-state index in [1.165, 1.54) is 16.0 Å². The third-order valence-electron chi connectivity index (χ3n) is 3.55. The van der Waals surface area contributed by atoms with E-state index >= 15 is 0 Å². The zero-order chi connectivity index (χ0) is 15.0. The first-order chi connectivity index (χ1) is 10.1. The van der Waals surface area contributed by atoms with Gasteiger partial charge in [0.15, 0.2) is 0 Å². The monoisotopic (exact) mass is 297 g/mol. The number of fused-ring (bicyclic) bond motifs is 1. The molecule has 0 fully saturated rings. The summed E-state index contributed by atoms with van der Waals surface area (Å²) in [5.74, 6) is 1.71. The Morgan fingerprint density at radius 1 is 1.10 bits per heavy atom. The topological polar surface area (TPSA) is 37.8 Å². The van der Waals surface area contributed by atoms with Gasteiger partial charge in [0.25, 0.3) is 0 Å².